The number of hydrogen-bond donors (Lipinski definition) is 1. The van der Waals surface area contributed by atoms with Crippen LogP contribution >= 0.6 is 11.3 Å². The van der Waals surface area contributed by atoms with Crippen LogP contribution in [0.5, 0.6) is 5.75 Å². The van der Waals surface area contributed by atoms with Gasteiger partial charge in [0.15, 0.2) is 5.13 Å². The van der Waals surface area contributed by atoms with E-state index in [1.165, 1.54) is 27.2 Å². The molecule has 1 N–H and O–H groups in total. The lowest BCUT2D eigenvalue weighted by atomic mass is 10.1. The first-order chi connectivity index (χ1) is 13.4. The second kappa shape index (κ2) is 8.62. The number of halogens is 2. The summed E-state index contributed by atoms with van der Waals surface area (Å²) in [6.45, 7) is 1.11. The zero-order valence-electron chi connectivity index (χ0n) is 16.0. The zero-order chi connectivity index (χ0) is 20.3. The molecule has 1 aromatic heterocycles. The van der Waals surface area contributed by atoms with E-state index in [9.17, 15) is 13.6 Å². The van der Waals surface area contributed by atoms with E-state index in [1.807, 2.05) is 26.2 Å². The highest BCUT2D eigenvalue weighted by molar-refractivity contribution is 7.22. The van der Waals surface area contributed by atoms with Crippen molar-refractivity contribution in [3.63, 3.8) is 0 Å². The summed E-state index contributed by atoms with van der Waals surface area (Å²) in [5.74, 6) is -1.91. The van der Waals surface area contributed by atoms with Gasteiger partial charge in [0.1, 0.15) is 28.5 Å². The third kappa shape index (κ3) is 4.13. The number of fused-ring (bicyclic) bond motifs is 1. The molecule has 0 spiro atoms. The van der Waals surface area contributed by atoms with E-state index in [-0.39, 0.29) is 0 Å². The molecule has 0 aliphatic heterocycles. The number of thiazole rings is 1. The zero-order valence-corrected chi connectivity index (χ0v) is 16.8. The number of nitrogens with one attached hydrogen (secondary N) is 1. The number of anilines is 1. The van der Waals surface area contributed by atoms with Crippen molar-refractivity contribution >= 4 is 32.6 Å². The van der Waals surface area contributed by atoms with E-state index in [0.717, 1.165) is 23.4 Å². The van der Waals surface area contributed by atoms with E-state index >= 15 is 0 Å². The number of rotatable bonds is 7. The maximum atomic E-state index is 14.2. The number of methoxy groups -OCH3 is 1. The van der Waals surface area contributed by atoms with Crippen molar-refractivity contribution in [3.8, 4) is 5.75 Å². The molecule has 0 fully saturated rings. The number of aromatic nitrogens is 1. The molecule has 3 rings (SSSR count). The Kier molecular flexibility index (Phi) is 6.21. The summed E-state index contributed by atoms with van der Waals surface area (Å²) < 4.78 is 34.6. The van der Waals surface area contributed by atoms with Crippen LogP contribution in [-0.2, 0) is 0 Å². The highest BCUT2D eigenvalue weighted by Crippen LogP contribution is 2.35. The fraction of sp³-hybridized carbons (Fsp3) is 0.300. The van der Waals surface area contributed by atoms with Crippen LogP contribution in [0.25, 0.3) is 10.2 Å². The van der Waals surface area contributed by atoms with Gasteiger partial charge in [0.05, 0.1) is 32.4 Å². The smallest absolute Gasteiger partial charge is 0.266 e. The van der Waals surface area contributed by atoms with Crippen LogP contribution in [0, 0.1) is 11.6 Å². The molecule has 0 unspecified atom stereocenters. The molecule has 0 bridgehead atoms. The second-order valence-electron chi connectivity index (χ2n) is 6.67. The largest absolute Gasteiger partial charge is 0.494 e. The van der Waals surface area contributed by atoms with Gasteiger partial charge in [-0.15, -0.1) is 0 Å². The third-order valence-corrected chi connectivity index (χ3v) is 5.35. The van der Waals surface area contributed by atoms with Crippen molar-refractivity contribution in [2.24, 2.45) is 0 Å². The van der Waals surface area contributed by atoms with Crippen LogP contribution in [0.3, 0.4) is 0 Å². The molecule has 3 aromatic rings. The normalized spacial score (nSPS) is 11.2. The Bertz CT molecular complexity index is 970. The van der Waals surface area contributed by atoms with E-state index in [2.05, 4.69) is 4.98 Å². The van der Waals surface area contributed by atoms with Crippen LogP contribution in [0.15, 0.2) is 36.4 Å². The van der Waals surface area contributed by atoms with Crippen molar-refractivity contribution in [2.75, 3.05) is 39.2 Å². The van der Waals surface area contributed by atoms with Crippen molar-refractivity contribution in [1.82, 2.24) is 4.98 Å². The molecule has 0 saturated carbocycles. The van der Waals surface area contributed by atoms with Gasteiger partial charge >= 0.3 is 0 Å². The standard InChI is InChI=1S/C20H21F2N3O2S/c1-24(2)11-6-12-25(19(26)17-13(21)7-4-8-14(17)22)20-23-18-15(27-3)9-5-10-16(18)28-20/h4-5,7-10H,6,11-12H2,1-3H3/p+1. The van der Waals surface area contributed by atoms with Crippen molar-refractivity contribution in [2.45, 2.75) is 6.42 Å². The Morgan fingerprint density at radius 3 is 2.50 bits per heavy atom. The average Bonchev–Trinajstić information content (AvgIpc) is 3.08. The van der Waals surface area contributed by atoms with Crippen LogP contribution in [0.4, 0.5) is 13.9 Å². The Morgan fingerprint density at radius 1 is 1.18 bits per heavy atom. The molecule has 1 heterocycles. The average molecular weight is 406 g/mol. The number of hydrogen-bond acceptors (Lipinski definition) is 4. The van der Waals surface area contributed by atoms with Crippen LogP contribution < -0.4 is 14.5 Å². The fourth-order valence-corrected chi connectivity index (χ4v) is 3.91. The monoisotopic (exact) mass is 406 g/mol. The highest BCUT2D eigenvalue weighted by atomic mass is 32.1. The minimum atomic E-state index is -0.882. The van der Waals surface area contributed by atoms with Gasteiger partial charge in [-0.2, -0.15) is 0 Å². The molecular weight excluding hydrogens is 384 g/mol. The second-order valence-corrected chi connectivity index (χ2v) is 7.68. The van der Waals surface area contributed by atoms with Gasteiger partial charge in [-0.3, -0.25) is 9.69 Å². The number of ether oxygens (including phenoxy) is 1. The summed E-state index contributed by atoms with van der Waals surface area (Å²) in [6.07, 6.45) is 0.664. The summed E-state index contributed by atoms with van der Waals surface area (Å²) in [5.41, 5.74) is 0.0564. The number of amides is 1. The Hall–Kier alpha value is -2.58. The SMILES string of the molecule is COc1cccc2sc(N(CCC[NH+](C)C)C(=O)c3c(F)cccc3F)nc12. The quantitative estimate of drug-likeness (QED) is 0.656. The van der Waals surface area contributed by atoms with Gasteiger partial charge in [0.2, 0.25) is 0 Å². The summed E-state index contributed by atoms with van der Waals surface area (Å²) in [7, 11) is 5.56. The number of para-hydroxylation sites is 1. The molecule has 0 aliphatic carbocycles. The first-order valence-electron chi connectivity index (χ1n) is 8.90. The molecule has 5 nitrogen and oxygen atoms in total. The van der Waals surface area contributed by atoms with Gasteiger partial charge in [-0.05, 0) is 24.3 Å². The van der Waals surface area contributed by atoms with Gasteiger partial charge < -0.3 is 9.64 Å². The number of nitrogens with zero attached hydrogens (tertiary/aromatic N) is 2. The number of quaternary nitrogens is 1. The van der Waals surface area contributed by atoms with E-state index in [4.69, 9.17) is 4.74 Å². The molecule has 1 amide bonds. The summed E-state index contributed by atoms with van der Waals surface area (Å²) in [5, 5.41) is 0.390. The molecule has 8 heteroatoms. The minimum Gasteiger partial charge on any atom is -0.494 e. The maximum absolute atomic E-state index is 14.2. The number of carbonyl (C=O) groups excluding carboxylic acids is 1. The lowest BCUT2D eigenvalue weighted by Crippen LogP contribution is -3.05. The van der Waals surface area contributed by atoms with Crippen LogP contribution in [0.2, 0.25) is 0 Å². The van der Waals surface area contributed by atoms with Gasteiger partial charge in [-0.1, -0.05) is 23.5 Å². The Labute approximate surface area is 166 Å². The summed E-state index contributed by atoms with van der Waals surface area (Å²) >= 11 is 1.29. The topological polar surface area (TPSA) is 46.9 Å². The third-order valence-electron chi connectivity index (χ3n) is 4.30. The van der Waals surface area contributed by atoms with Crippen molar-refractivity contribution in [3.05, 3.63) is 53.6 Å². The molecule has 2 aromatic carbocycles. The van der Waals surface area contributed by atoms with E-state index < -0.39 is 23.1 Å². The molecule has 0 atom stereocenters. The molecule has 0 saturated heterocycles. The molecule has 28 heavy (non-hydrogen) atoms. The summed E-state index contributed by atoms with van der Waals surface area (Å²) in [4.78, 5) is 20.2. The van der Waals surface area contributed by atoms with Crippen molar-refractivity contribution in [1.29, 1.82) is 0 Å². The van der Waals surface area contributed by atoms with Crippen molar-refractivity contribution < 1.29 is 23.2 Å². The number of benzene rings is 2. The molecule has 148 valence electrons. The first kappa shape index (κ1) is 20.2. The fourth-order valence-electron chi connectivity index (χ4n) is 2.90. The molecule has 0 radical (unpaired) electrons. The maximum Gasteiger partial charge on any atom is 0.266 e. The summed E-state index contributed by atoms with van der Waals surface area (Å²) in [6, 6.07) is 8.89. The van der Waals surface area contributed by atoms with Gasteiger partial charge in [0.25, 0.3) is 5.91 Å². The lowest BCUT2D eigenvalue weighted by Gasteiger charge is -2.21. The highest BCUT2D eigenvalue weighted by Gasteiger charge is 2.27. The van der Waals surface area contributed by atoms with Crippen LogP contribution in [-0.4, -0.2) is 45.2 Å². The minimum absolute atomic E-state index is 0.305. The first-order valence-corrected chi connectivity index (χ1v) is 9.72. The van der Waals surface area contributed by atoms with E-state index in [0.29, 0.717) is 29.4 Å². The molecular formula is C20H22F2N3O2S+. The van der Waals surface area contributed by atoms with Gasteiger partial charge in [0, 0.05) is 13.0 Å². The lowest BCUT2D eigenvalue weighted by molar-refractivity contribution is -0.858. The van der Waals surface area contributed by atoms with E-state index in [1.54, 1.807) is 13.2 Å². The Balaban J connectivity index is 2.03. The number of carbonyl (C=O) groups is 1. The Morgan fingerprint density at radius 2 is 1.86 bits per heavy atom. The predicted molar refractivity (Wildman–Crippen MR) is 107 cm³/mol. The molecule has 0 aliphatic rings. The predicted octanol–water partition coefficient (Wildman–Crippen LogP) is 2.76. The van der Waals surface area contributed by atoms with Crippen LogP contribution in [0.1, 0.15) is 16.8 Å². The van der Waals surface area contributed by atoms with Gasteiger partial charge in [-0.25, -0.2) is 13.8 Å².